The standard InChI is InChI=1S/C9H10.CH2O/c1-2-6-9-7-4-3-5-8-9;1-2/h2-5,7-8H,1,6H2;1H2. The van der Waals surface area contributed by atoms with E-state index in [0.717, 1.165) is 6.42 Å². The molecule has 0 heterocycles. The van der Waals surface area contributed by atoms with Gasteiger partial charge in [-0.3, -0.25) is 0 Å². The highest BCUT2D eigenvalue weighted by Crippen LogP contribution is 1.98. The van der Waals surface area contributed by atoms with Gasteiger partial charge in [0.1, 0.15) is 6.79 Å². The SMILES string of the molecule is C=CCc1ccccc1.C=O. The molecule has 0 fully saturated rings. The van der Waals surface area contributed by atoms with Crippen molar-refractivity contribution in [3.8, 4) is 0 Å². The molecule has 0 unspecified atom stereocenters. The van der Waals surface area contributed by atoms with Gasteiger partial charge in [0.25, 0.3) is 0 Å². The van der Waals surface area contributed by atoms with E-state index in [4.69, 9.17) is 4.79 Å². The predicted molar refractivity (Wildman–Crippen MR) is 47.5 cm³/mol. The molecule has 0 amide bonds. The van der Waals surface area contributed by atoms with Gasteiger partial charge in [0.2, 0.25) is 0 Å². The van der Waals surface area contributed by atoms with Gasteiger partial charge in [-0.25, -0.2) is 0 Å². The van der Waals surface area contributed by atoms with Crippen molar-refractivity contribution in [2.24, 2.45) is 0 Å². The molecule has 0 bridgehead atoms. The van der Waals surface area contributed by atoms with E-state index in [0.29, 0.717) is 0 Å². The van der Waals surface area contributed by atoms with Crippen LogP contribution in [0.2, 0.25) is 0 Å². The number of carbonyl (C=O) groups is 1. The van der Waals surface area contributed by atoms with Crippen LogP contribution >= 0.6 is 0 Å². The number of hydrogen-bond donors (Lipinski definition) is 0. The number of rotatable bonds is 2. The van der Waals surface area contributed by atoms with Crippen LogP contribution in [0.1, 0.15) is 5.56 Å². The summed E-state index contributed by atoms with van der Waals surface area (Å²) in [7, 11) is 0. The van der Waals surface area contributed by atoms with Gasteiger partial charge in [-0.15, -0.1) is 6.58 Å². The largest absolute Gasteiger partial charge is 0.307 e. The third-order valence-corrected chi connectivity index (χ3v) is 1.22. The third-order valence-electron chi connectivity index (χ3n) is 1.22. The molecule has 0 atom stereocenters. The summed E-state index contributed by atoms with van der Waals surface area (Å²) in [6, 6.07) is 10.3. The number of allylic oxidation sites excluding steroid dienone is 1. The Kier molecular flexibility index (Phi) is 5.91. The molecule has 0 aliphatic carbocycles. The molecule has 0 spiro atoms. The second-order valence-corrected chi connectivity index (χ2v) is 1.98. The van der Waals surface area contributed by atoms with Gasteiger partial charge in [-0.1, -0.05) is 36.4 Å². The van der Waals surface area contributed by atoms with Crippen LogP contribution in [0.5, 0.6) is 0 Å². The Labute approximate surface area is 67.4 Å². The minimum Gasteiger partial charge on any atom is -0.307 e. The van der Waals surface area contributed by atoms with Crippen molar-refractivity contribution in [3.63, 3.8) is 0 Å². The molecule has 0 aromatic heterocycles. The molecule has 0 radical (unpaired) electrons. The lowest BCUT2D eigenvalue weighted by atomic mass is 10.2. The summed E-state index contributed by atoms with van der Waals surface area (Å²) in [5.74, 6) is 0. The van der Waals surface area contributed by atoms with Crippen molar-refractivity contribution in [2.75, 3.05) is 0 Å². The van der Waals surface area contributed by atoms with Gasteiger partial charge in [0, 0.05) is 0 Å². The molecule has 1 aromatic rings. The lowest BCUT2D eigenvalue weighted by Gasteiger charge is -1.91. The fourth-order valence-electron chi connectivity index (χ4n) is 0.781. The second-order valence-electron chi connectivity index (χ2n) is 1.98. The summed E-state index contributed by atoms with van der Waals surface area (Å²) in [5, 5.41) is 0. The van der Waals surface area contributed by atoms with Crippen molar-refractivity contribution >= 4 is 6.79 Å². The van der Waals surface area contributed by atoms with Crippen molar-refractivity contribution in [1.82, 2.24) is 0 Å². The average molecular weight is 148 g/mol. The Morgan fingerprint density at radius 1 is 1.18 bits per heavy atom. The molecule has 1 aromatic carbocycles. The van der Waals surface area contributed by atoms with Crippen molar-refractivity contribution in [3.05, 3.63) is 48.6 Å². The average Bonchev–Trinajstić information content (AvgIpc) is 2.11. The molecule has 1 nitrogen and oxygen atoms in total. The van der Waals surface area contributed by atoms with E-state index < -0.39 is 0 Å². The lowest BCUT2D eigenvalue weighted by Crippen LogP contribution is -1.75. The second kappa shape index (κ2) is 6.75. The van der Waals surface area contributed by atoms with Gasteiger partial charge < -0.3 is 4.79 Å². The summed E-state index contributed by atoms with van der Waals surface area (Å²) in [6.07, 6.45) is 2.89. The van der Waals surface area contributed by atoms with Crippen molar-refractivity contribution in [2.45, 2.75) is 6.42 Å². The summed E-state index contributed by atoms with van der Waals surface area (Å²) in [5.41, 5.74) is 1.33. The van der Waals surface area contributed by atoms with Crippen LogP contribution in [0.4, 0.5) is 0 Å². The zero-order chi connectivity index (χ0) is 8.53. The fourth-order valence-corrected chi connectivity index (χ4v) is 0.781. The Morgan fingerprint density at radius 2 is 1.73 bits per heavy atom. The molecule has 11 heavy (non-hydrogen) atoms. The van der Waals surface area contributed by atoms with E-state index in [2.05, 4.69) is 18.7 Å². The van der Waals surface area contributed by atoms with Gasteiger partial charge in [0.05, 0.1) is 0 Å². The predicted octanol–water partition coefficient (Wildman–Crippen LogP) is 2.23. The van der Waals surface area contributed by atoms with E-state index in [9.17, 15) is 0 Å². The first-order valence-electron chi connectivity index (χ1n) is 3.37. The van der Waals surface area contributed by atoms with E-state index in [1.807, 2.05) is 31.1 Å². The lowest BCUT2D eigenvalue weighted by molar-refractivity contribution is -0.0979. The summed E-state index contributed by atoms with van der Waals surface area (Å²) in [4.78, 5) is 8.00. The van der Waals surface area contributed by atoms with E-state index >= 15 is 0 Å². The molecule has 0 N–H and O–H groups in total. The van der Waals surface area contributed by atoms with Crippen LogP contribution in [0.3, 0.4) is 0 Å². The van der Waals surface area contributed by atoms with E-state index in [1.54, 1.807) is 0 Å². The maximum absolute atomic E-state index is 8.00. The highest BCUT2D eigenvalue weighted by Gasteiger charge is 1.82. The Morgan fingerprint density at radius 3 is 2.18 bits per heavy atom. The highest BCUT2D eigenvalue weighted by molar-refractivity contribution is 5.16. The smallest absolute Gasteiger partial charge is 0.106 e. The first-order chi connectivity index (χ1) is 5.43. The van der Waals surface area contributed by atoms with Gasteiger partial charge in [-0.05, 0) is 12.0 Å². The molecule has 0 saturated heterocycles. The maximum atomic E-state index is 8.00. The molecule has 0 aliphatic heterocycles. The van der Waals surface area contributed by atoms with E-state index in [-0.39, 0.29) is 0 Å². The van der Waals surface area contributed by atoms with Crippen LogP contribution in [-0.4, -0.2) is 6.79 Å². The van der Waals surface area contributed by atoms with Crippen LogP contribution in [0.15, 0.2) is 43.0 Å². The molecule has 0 aliphatic rings. The van der Waals surface area contributed by atoms with E-state index in [1.165, 1.54) is 5.56 Å². The zero-order valence-corrected chi connectivity index (χ0v) is 6.49. The summed E-state index contributed by atoms with van der Waals surface area (Å²) in [6.45, 7) is 5.66. The van der Waals surface area contributed by atoms with Gasteiger partial charge in [-0.2, -0.15) is 0 Å². The Bertz CT molecular complexity index is 191. The van der Waals surface area contributed by atoms with Crippen LogP contribution in [-0.2, 0) is 11.2 Å². The zero-order valence-electron chi connectivity index (χ0n) is 6.49. The van der Waals surface area contributed by atoms with Crippen LogP contribution in [0, 0.1) is 0 Å². The molecule has 58 valence electrons. The fraction of sp³-hybridized carbons (Fsp3) is 0.100. The molecular weight excluding hydrogens is 136 g/mol. The number of hydrogen-bond acceptors (Lipinski definition) is 1. The van der Waals surface area contributed by atoms with Gasteiger partial charge >= 0.3 is 0 Å². The molecule has 0 saturated carbocycles. The summed E-state index contributed by atoms with van der Waals surface area (Å²) < 4.78 is 0. The number of carbonyl (C=O) groups excluding carboxylic acids is 1. The highest BCUT2D eigenvalue weighted by atomic mass is 16.1. The van der Waals surface area contributed by atoms with Crippen LogP contribution in [0.25, 0.3) is 0 Å². The third kappa shape index (κ3) is 4.09. The van der Waals surface area contributed by atoms with Crippen LogP contribution < -0.4 is 0 Å². The number of benzene rings is 1. The van der Waals surface area contributed by atoms with Gasteiger partial charge in [0.15, 0.2) is 0 Å². The minimum atomic E-state index is 0.973. The topological polar surface area (TPSA) is 17.1 Å². The Hall–Kier alpha value is -1.37. The summed E-state index contributed by atoms with van der Waals surface area (Å²) >= 11 is 0. The minimum absolute atomic E-state index is 0.973. The Balaban J connectivity index is 0.000000461. The normalized spacial score (nSPS) is 7.64. The quantitative estimate of drug-likeness (QED) is 0.588. The first kappa shape index (κ1) is 9.63. The molecular formula is C10H12O. The first-order valence-corrected chi connectivity index (χ1v) is 3.37. The molecule has 1 heteroatoms. The maximum Gasteiger partial charge on any atom is 0.106 e. The van der Waals surface area contributed by atoms with Crippen molar-refractivity contribution in [1.29, 1.82) is 0 Å². The molecule has 1 rings (SSSR count). The van der Waals surface area contributed by atoms with Crippen molar-refractivity contribution < 1.29 is 4.79 Å². The monoisotopic (exact) mass is 148 g/mol.